The molecule has 1 aliphatic carbocycles. The molecule has 2 aromatic rings. The highest BCUT2D eigenvalue weighted by molar-refractivity contribution is 5.77. The molecule has 0 saturated heterocycles. The Bertz CT molecular complexity index is 687. The molecular formula is C20H20. The normalized spacial score (nSPS) is 14.2. The summed E-state index contributed by atoms with van der Waals surface area (Å²) < 4.78 is 0. The predicted molar refractivity (Wildman–Crippen MR) is 87.7 cm³/mol. The highest BCUT2D eigenvalue weighted by atomic mass is 14.1. The van der Waals surface area contributed by atoms with Crippen molar-refractivity contribution in [3.05, 3.63) is 77.4 Å². The van der Waals surface area contributed by atoms with Crippen LogP contribution in [0.3, 0.4) is 0 Å². The summed E-state index contributed by atoms with van der Waals surface area (Å²) >= 11 is 0. The molecule has 0 saturated carbocycles. The minimum absolute atomic E-state index is 1.15. The van der Waals surface area contributed by atoms with Crippen LogP contribution >= 0.6 is 0 Å². The van der Waals surface area contributed by atoms with Gasteiger partial charge in [-0.1, -0.05) is 54.6 Å². The van der Waals surface area contributed by atoms with Gasteiger partial charge in [-0.15, -0.1) is 0 Å². The minimum atomic E-state index is 1.15. The smallest absolute Gasteiger partial charge is 0.0146 e. The van der Waals surface area contributed by atoms with Gasteiger partial charge in [0.05, 0.1) is 0 Å². The Morgan fingerprint density at radius 2 is 1.65 bits per heavy atom. The first-order valence-corrected chi connectivity index (χ1v) is 7.28. The van der Waals surface area contributed by atoms with Crippen LogP contribution < -0.4 is 0 Å². The van der Waals surface area contributed by atoms with E-state index in [0.717, 1.165) is 12.8 Å². The van der Waals surface area contributed by atoms with E-state index in [9.17, 15) is 0 Å². The maximum atomic E-state index is 2.35. The Morgan fingerprint density at radius 1 is 0.850 bits per heavy atom. The average Bonchev–Trinajstić information content (AvgIpc) is 2.49. The molecule has 0 amide bonds. The van der Waals surface area contributed by atoms with Gasteiger partial charge < -0.3 is 0 Å². The van der Waals surface area contributed by atoms with Crippen LogP contribution in [0.15, 0.2) is 60.7 Å². The summed E-state index contributed by atoms with van der Waals surface area (Å²) in [7, 11) is 0. The van der Waals surface area contributed by atoms with Crippen molar-refractivity contribution in [3.63, 3.8) is 0 Å². The SMILES string of the molecule is Cc1ccccc1-c1cc(C2=CC=CCC2)ccc1C. The van der Waals surface area contributed by atoms with Crippen LogP contribution in [0.2, 0.25) is 0 Å². The molecule has 0 N–H and O–H groups in total. The maximum absolute atomic E-state index is 2.35. The summed E-state index contributed by atoms with van der Waals surface area (Å²) in [5, 5.41) is 0. The Labute approximate surface area is 121 Å². The van der Waals surface area contributed by atoms with Gasteiger partial charge >= 0.3 is 0 Å². The van der Waals surface area contributed by atoms with E-state index < -0.39 is 0 Å². The molecule has 0 spiro atoms. The van der Waals surface area contributed by atoms with Crippen molar-refractivity contribution < 1.29 is 0 Å². The third-order valence-corrected chi connectivity index (χ3v) is 4.06. The number of allylic oxidation sites excluding steroid dienone is 4. The van der Waals surface area contributed by atoms with Crippen LogP contribution in [-0.4, -0.2) is 0 Å². The van der Waals surface area contributed by atoms with Crippen molar-refractivity contribution in [2.24, 2.45) is 0 Å². The van der Waals surface area contributed by atoms with Gasteiger partial charge in [0.15, 0.2) is 0 Å². The third kappa shape index (κ3) is 2.46. The van der Waals surface area contributed by atoms with Crippen LogP contribution in [0.5, 0.6) is 0 Å². The summed E-state index contributed by atoms with van der Waals surface area (Å²) in [5.74, 6) is 0. The van der Waals surface area contributed by atoms with Gasteiger partial charge in [-0.05, 0) is 66.1 Å². The Hall–Kier alpha value is -2.08. The van der Waals surface area contributed by atoms with Crippen molar-refractivity contribution in [1.29, 1.82) is 0 Å². The zero-order valence-corrected chi connectivity index (χ0v) is 12.2. The van der Waals surface area contributed by atoms with Gasteiger partial charge in [-0.2, -0.15) is 0 Å². The first kappa shape index (κ1) is 12.9. The molecule has 100 valence electrons. The Morgan fingerprint density at radius 3 is 2.40 bits per heavy atom. The summed E-state index contributed by atoms with van der Waals surface area (Å²) in [5.41, 5.74) is 8.19. The van der Waals surface area contributed by atoms with Crippen LogP contribution in [0.4, 0.5) is 0 Å². The molecular weight excluding hydrogens is 240 g/mol. The molecule has 0 unspecified atom stereocenters. The average molecular weight is 260 g/mol. The fourth-order valence-electron chi connectivity index (χ4n) is 2.83. The molecule has 0 fully saturated rings. The molecule has 2 aromatic carbocycles. The van der Waals surface area contributed by atoms with E-state index in [0.29, 0.717) is 0 Å². The first-order chi connectivity index (χ1) is 9.75. The van der Waals surface area contributed by atoms with Crippen molar-refractivity contribution in [1.82, 2.24) is 0 Å². The van der Waals surface area contributed by atoms with E-state index >= 15 is 0 Å². The second-order valence-electron chi connectivity index (χ2n) is 5.50. The van der Waals surface area contributed by atoms with Crippen molar-refractivity contribution >= 4 is 5.57 Å². The van der Waals surface area contributed by atoms with E-state index in [-0.39, 0.29) is 0 Å². The lowest BCUT2D eigenvalue weighted by Gasteiger charge is -2.14. The Kier molecular flexibility index (Phi) is 3.56. The fourth-order valence-corrected chi connectivity index (χ4v) is 2.83. The molecule has 0 aliphatic heterocycles. The number of aryl methyl sites for hydroxylation is 2. The quantitative estimate of drug-likeness (QED) is 0.649. The second-order valence-corrected chi connectivity index (χ2v) is 5.50. The van der Waals surface area contributed by atoms with Crippen LogP contribution in [0.25, 0.3) is 16.7 Å². The molecule has 20 heavy (non-hydrogen) atoms. The molecule has 0 nitrogen and oxygen atoms in total. The van der Waals surface area contributed by atoms with E-state index in [1.807, 2.05) is 0 Å². The molecule has 0 bridgehead atoms. The van der Waals surface area contributed by atoms with E-state index in [1.54, 1.807) is 0 Å². The number of hydrogen-bond acceptors (Lipinski definition) is 0. The second kappa shape index (κ2) is 5.50. The van der Waals surface area contributed by atoms with Crippen molar-refractivity contribution in [2.45, 2.75) is 26.7 Å². The molecule has 3 rings (SSSR count). The van der Waals surface area contributed by atoms with E-state index in [2.05, 4.69) is 74.5 Å². The van der Waals surface area contributed by atoms with Gasteiger partial charge in [0.1, 0.15) is 0 Å². The van der Waals surface area contributed by atoms with Crippen LogP contribution in [0.1, 0.15) is 29.5 Å². The molecule has 0 heteroatoms. The molecule has 0 atom stereocenters. The van der Waals surface area contributed by atoms with Gasteiger partial charge in [-0.3, -0.25) is 0 Å². The minimum Gasteiger partial charge on any atom is -0.0842 e. The predicted octanol–water partition coefficient (Wildman–Crippen LogP) is 5.70. The van der Waals surface area contributed by atoms with Crippen LogP contribution in [0, 0.1) is 13.8 Å². The fraction of sp³-hybridized carbons (Fsp3) is 0.200. The number of rotatable bonds is 2. The molecule has 0 aromatic heterocycles. The van der Waals surface area contributed by atoms with E-state index in [1.165, 1.54) is 33.4 Å². The summed E-state index contributed by atoms with van der Waals surface area (Å²) in [6, 6.07) is 15.5. The lowest BCUT2D eigenvalue weighted by atomic mass is 9.90. The largest absolute Gasteiger partial charge is 0.0842 e. The highest BCUT2D eigenvalue weighted by Crippen LogP contribution is 2.31. The summed E-state index contributed by atoms with van der Waals surface area (Å²) in [4.78, 5) is 0. The van der Waals surface area contributed by atoms with E-state index in [4.69, 9.17) is 0 Å². The third-order valence-electron chi connectivity index (χ3n) is 4.06. The first-order valence-electron chi connectivity index (χ1n) is 7.28. The standard InChI is InChI=1S/C20H20/c1-15-8-6-7-11-19(15)20-14-18(13-12-16(20)2)17-9-4-3-5-10-17/h3-4,6-9,11-14H,5,10H2,1-2H3. The summed E-state index contributed by atoms with van der Waals surface area (Å²) in [6.45, 7) is 4.38. The van der Waals surface area contributed by atoms with Gasteiger partial charge in [0.2, 0.25) is 0 Å². The van der Waals surface area contributed by atoms with Gasteiger partial charge in [0, 0.05) is 0 Å². The number of hydrogen-bond donors (Lipinski definition) is 0. The lowest BCUT2D eigenvalue weighted by Crippen LogP contribution is -1.92. The Balaban J connectivity index is 2.10. The highest BCUT2D eigenvalue weighted by Gasteiger charge is 2.09. The van der Waals surface area contributed by atoms with Crippen LogP contribution in [-0.2, 0) is 0 Å². The van der Waals surface area contributed by atoms with Gasteiger partial charge in [0.25, 0.3) is 0 Å². The molecule has 1 aliphatic rings. The molecule has 0 heterocycles. The topological polar surface area (TPSA) is 0 Å². The molecule has 0 radical (unpaired) electrons. The van der Waals surface area contributed by atoms with Crippen molar-refractivity contribution in [3.8, 4) is 11.1 Å². The van der Waals surface area contributed by atoms with Crippen molar-refractivity contribution in [2.75, 3.05) is 0 Å². The monoisotopic (exact) mass is 260 g/mol. The zero-order valence-electron chi connectivity index (χ0n) is 12.2. The lowest BCUT2D eigenvalue weighted by molar-refractivity contribution is 1.05. The summed E-state index contributed by atoms with van der Waals surface area (Å²) in [6.07, 6.45) is 8.95. The zero-order chi connectivity index (χ0) is 13.9. The number of benzene rings is 2. The van der Waals surface area contributed by atoms with Gasteiger partial charge in [-0.25, -0.2) is 0 Å². The maximum Gasteiger partial charge on any atom is -0.0146 e.